The number of methoxy groups -OCH3 is 1. The second-order valence-corrected chi connectivity index (χ2v) is 5.10. The van der Waals surface area contributed by atoms with Crippen LogP contribution in [0.5, 0.6) is 5.75 Å². The molecule has 20 heavy (non-hydrogen) atoms. The third-order valence-corrected chi connectivity index (χ3v) is 3.73. The summed E-state index contributed by atoms with van der Waals surface area (Å²) in [5.41, 5.74) is 1.10. The van der Waals surface area contributed by atoms with Gasteiger partial charge in [-0.05, 0) is 31.5 Å². The van der Waals surface area contributed by atoms with E-state index in [1.807, 2.05) is 25.3 Å². The van der Waals surface area contributed by atoms with Crippen LogP contribution in [0.3, 0.4) is 0 Å². The highest BCUT2D eigenvalue weighted by atomic mass is 16.5. The molecule has 1 aliphatic rings. The third-order valence-electron chi connectivity index (χ3n) is 3.73. The second-order valence-electron chi connectivity index (χ2n) is 5.10. The van der Waals surface area contributed by atoms with Crippen molar-refractivity contribution in [3.05, 3.63) is 41.9 Å². The van der Waals surface area contributed by atoms with Crippen molar-refractivity contribution in [3.63, 3.8) is 0 Å². The van der Waals surface area contributed by atoms with E-state index in [0.717, 1.165) is 42.6 Å². The van der Waals surface area contributed by atoms with Crippen LogP contribution in [0, 0.1) is 6.92 Å². The Morgan fingerprint density at radius 2 is 2.25 bits per heavy atom. The van der Waals surface area contributed by atoms with Crippen molar-refractivity contribution < 1.29 is 9.15 Å². The Kier molecular flexibility index (Phi) is 3.69. The molecule has 5 nitrogen and oxygen atoms in total. The number of ether oxygens (including phenoxy) is 1. The fourth-order valence-corrected chi connectivity index (χ4v) is 2.74. The maximum atomic E-state index is 5.57. The molecule has 0 saturated carbocycles. The molecular formula is C15H19N3O2. The highest BCUT2D eigenvalue weighted by Crippen LogP contribution is 2.32. The summed E-state index contributed by atoms with van der Waals surface area (Å²) in [6.07, 6.45) is 5.91. The van der Waals surface area contributed by atoms with E-state index in [9.17, 15) is 0 Å². The maximum Gasteiger partial charge on any atom is 0.191 e. The molecule has 0 radical (unpaired) electrons. The number of hydrogen-bond donors (Lipinski definition) is 0. The molecule has 0 aliphatic carbocycles. The van der Waals surface area contributed by atoms with E-state index < -0.39 is 0 Å². The van der Waals surface area contributed by atoms with E-state index >= 15 is 0 Å². The number of hydrogen-bond acceptors (Lipinski definition) is 5. The van der Waals surface area contributed by atoms with Crippen molar-refractivity contribution >= 4 is 0 Å². The molecule has 3 heterocycles. The van der Waals surface area contributed by atoms with Gasteiger partial charge in [-0.25, -0.2) is 4.98 Å². The van der Waals surface area contributed by atoms with E-state index in [2.05, 4.69) is 14.9 Å². The van der Waals surface area contributed by atoms with Crippen molar-refractivity contribution in [2.24, 2.45) is 0 Å². The number of aryl methyl sites for hydroxylation is 1. The van der Waals surface area contributed by atoms with Gasteiger partial charge < -0.3 is 9.15 Å². The van der Waals surface area contributed by atoms with Crippen LogP contribution in [0.15, 0.2) is 28.9 Å². The first-order chi connectivity index (χ1) is 9.76. The Bertz CT molecular complexity index is 565. The minimum Gasteiger partial charge on any atom is -0.495 e. The van der Waals surface area contributed by atoms with Crippen LogP contribution >= 0.6 is 0 Å². The molecular weight excluding hydrogens is 254 g/mol. The van der Waals surface area contributed by atoms with E-state index in [0.29, 0.717) is 6.04 Å². The van der Waals surface area contributed by atoms with Crippen molar-refractivity contribution in [1.82, 2.24) is 14.9 Å². The molecule has 1 saturated heterocycles. The monoisotopic (exact) mass is 273 g/mol. The number of nitrogens with zero attached hydrogens (tertiary/aromatic N) is 3. The molecule has 0 spiro atoms. The lowest BCUT2D eigenvalue weighted by molar-refractivity contribution is 0.223. The Balaban J connectivity index is 1.74. The van der Waals surface area contributed by atoms with Crippen molar-refractivity contribution in [1.29, 1.82) is 0 Å². The van der Waals surface area contributed by atoms with Crippen LogP contribution in [0.1, 0.15) is 36.2 Å². The zero-order valence-corrected chi connectivity index (χ0v) is 11.9. The molecule has 1 unspecified atom stereocenters. The second kappa shape index (κ2) is 5.63. The van der Waals surface area contributed by atoms with Crippen molar-refractivity contribution in [3.8, 4) is 5.75 Å². The smallest absolute Gasteiger partial charge is 0.191 e. The highest BCUT2D eigenvalue weighted by Gasteiger charge is 2.27. The predicted molar refractivity (Wildman–Crippen MR) is 74.4 cm³/mol. The van der Waals surface area contributed by atoms with E-state index in [-0.39, 0.29) is 0 Å². The van der Waals surface area contributed by atoms with Crippen LogP contribution in [0.2, 0.25) is 0 Å². The van der Waals surface area contributed by atoms with E-state index in [1.54, 1.807) is 13.3 Å². The molecule has 0 amide bonds. The first-order valence-electron chi connectivity index (χ1n) is 6.91. The lowest BCUT2D eigenvalue weighted by atomic mass is 10.1. The number of likely N-dealkylation sites (tertiary alicyclic amines) is 1. The molecule has 3 rings (SSSR count). The Morgan fingerprint density at radius 1 is 1.35 bits per heavy atom. The van der Waals surface area contributed by atoms with Gasteiger partial charge in [-0.15, -0.1) is 0 Å². The largest absolute Gasteiger partial charge is 0.495 e. The van der Waals surface area contributed by atoms with Gasteiger partial charge in [0.1, 0.15) is 11.5 Å². The summed E-state index contributed by atoms with van der Waals surface area (Å²) >= 11 is 0. The van der Waals surface area contributed by atoms with Gasteiger partial charge in [-0.3, -0.25) is 9.88 Å². The van der Waals surface area contributed by atoms with Crippen LogP contribution in [-0.2, 0) is 6.54 Å². The summed E-state index contributed by atoms with van der Waals surface area (Å²) in [6.45, 7) is 3.73. The van der Waals surface area contributed by atoms with Gasteiger partial charge in [0.25, 0.3) is 0 Å². The fourth-order valence-electron chi connectivity index (χ4n) is 2.74. The zero-order valence-electron chi connectivity index (χ0n) is 11.9. The summed E-state index contributed by atoms with van der Waals surface area (Å²) < 4.78 is 10.7. The van der Waals surface area contributed by atoms with Crippen LogP contribution in [0.4, 0.5) is 0 Å². The van der Waals surface area contributed by atoms with Gasteiger partial charge >= 0.3 is 0 Å². The predicted octanol–water partition coefficient (Wildman–Crippen LogP) is 2.72. The third kappa shape index (κ3) is 2.67. The Labute approximate surface area is 118 Å². The first-order valence-corrected chi connectivity index (χ1v) is 6.91. The van der Waals surface area contributed by atoms with Gasteiger partial charge in [-0.1, -0.05) is 0 Å². The summed E-state index contributed by atoms with van der Waals surface area (Å²) in [7, 11) is 1.66. The lowest BCUT2D eigenvalue weighted by Crippen LogP contribution is -2.23. The summed E-state index contributed by atoms with van der Waals surface area (Å²) in [5.74, 6) is 2.44. The van der Waals surface area contributed by atoms with Crippen molar-refractivity contribution in [2.75, 3.05) is 13.7 Å². The van der Waals surface area contributed by atoms with E-state index in [4.69, 9.17) is 9.15 Å². The standard InChI is InChI=1S/C15H19N3O2/c1-11-16-9-13(20-11)10-18-7-3-4-15(18)14-6-5-12(19-2)8-17-14/h5-6,8-9,15H,3-4,7,10H2,1-2H3. The Morgan fingerprint density at radius 3 is 2.90 bits per heavy atom. The normalized spacial score (nSPS) is 19.4. The average Bonchev–Trinajstić information content (AvgIpc) is 3.09. The van der Waals surface area contributed by atoms with Crippen LogP contribution in [0.25, 0.3) is 0 Å². The number of oxazole rings is 1. The molecule has 5 heteroatoms. The summed E-state index contributed by atoms with van der Waals surface area (Å²) in [6, 6.07) is 4.37. The van der Waals surface area contributed by atoms with Gasteiger partial charge in [0, 0.05) is 6.92 Å². The number of rotatable bonds is 4. The molecule has 1 fully saturated rings. The molecule has 1 atom stereocenters. The summed E-state index contributed by atoms with van der Waals surface area (Å²) in [5, 5.41) is 0. The molecule has 2 aromatic heterocycles. The topological polar surface area (TPSA) is 51.4 Å². The molecule has 106 valence electrons. The maximum absolute atomic E-state index is 5.57. The fraction of sp³-hybridized carbons (Fsp3) is 0.467. The van der Waals surface area contributed by atoms with Crippen LogP contribution in [-0.4, -0.2) is 28.5 Å². The van der Waals surface area contributed by atoms with Gasteiger partial charge in [0.05, 0.1) is 37.8 Å². The summed E-state index contributed by atoms with van der Waals surface area (Å²) in [4.78, 5) is 11.1. The minimum absolute atomic E-state index is 0.353. The SMILES string of the molecule is COc1ccc(C2CCCN2Cc2cnc(C)o2)nc1. The van der Waals surface area contributed by atoms with Gasteiger partial charge in [-0.2, -0.15) is 0 Å². The Hall–Kier alpha value is -1.88. The quantitative estimate of drug-likeness (QED) is 0.857. The number of pyridine rings is 1. The molecule has 0 aromatic carbocycles. The zero-order chi connectivity index (χ0) is 13.9. The minimum atomic E-state index is 0.353. The average molecular weight is 273 g/mol. The van der Waals surface area contributed by atoms with Crippen molar-refractivity contribution in [2.45, 2.75) is 32.4 Å². The molecule has 0 bridgehead atoms. The molecule has 1 aliphatic heterocycles. The van der Waals surface area contributed by atoms with Gasteiger partial charge in [0.15, 0.2) is 5.89 Å². The molecule has 0 N–H and O–H groups in total. The molecule has 2 aromatic rings. The lowest BCUT2D eigenvalue weighted by Gasteiger charge is -2.22. The van der Waals surface area contributed by atoms with E-state index in [1.165, 1.54) is 6.42 Å². The van der Waals surface area contributed by atoms with Gasteiger partial charge in [0.2, 0.25) is 0 Å². The van der Waals surface area contributed by atoms with Crippen LogP contribution < -0.4 is 4.74 Å². The highest BCUT2D eigenvalue weighted by molar-refractivity contribution is 5.22. The number of aromatic nitrogens is 2. The first kappa shape index (κ1) is 13.1.